The van der Waals surface area contributed by atoms with Gasteiger partial charge in [0.1, 0.15) is 18.5 Å². The maximum atomic E-state index is 12.5. The summed E-state index contributed by atoms with van der Waals surface area (Å²) in [5.41, 5.74) is 0.663. The minimum atomic E-state index is -3.61. The Morgan fingerprint density at radius 1 is 1.08 bits per heavy atom. The van der Waals surface area contributed by atoms with E-state index >= 15 is 0 Å². The Hall–Kier alpha value is -3.70. The second-order valence-electron chi connectivity index (χ2n) is 7.68. The first-order chi connectivity index (χ1) is 17.2. The number of aliphatic hydroxyl groups excluding tert-OH is 2. The van der Waals surface area contributed by atoms with E-state index < -0.39 is 46.5 Å². The highest BCUT2D eigenvalue weighted by molar-refractivity contribution is 7.89. The number of imidazole rings is 1. The Morgan fingerprint density at radius 3 is 2.47 bits per heavy atom. The van der Waals surface area contributed by atoms with E-state index in [1.807, 2.05) is 0 Å². The number of amides is 3. The van der Waals surface area contributed by atoms with Crippen LogP contribution in [0.5, 0.6) is 0 Å². The Balaban J connectivity index is 1.51. The standard InChI is InChI=1S/C20H24N8O7S/c1-3-22-18(31)15-13(29)14(30)19(35-15)28-9-25-12-16(23-8-24-17(12)28)27-20(32)26-10-4-6-11(7-5-10)36(33,34)21-2/h4-9,13-15,19,21,29-30H,3H2,1-2H3,(H,22,31)(H2,23,24,26,27,32)/t13?,14-,15-,19+/m0/s1. The highest BCUT2D eigenvalue weighted by Crippen LogP contribution is 2.32. The van der Waals surface area contributed by atoms with Gasteiger partial charge in [0.2, 0.25) is 10.0 Å². The number of carbonyl (C=O) groups excluding carboxylic acids is 2. The molecular weight excluding hydrogens is 496 g/mol. The Kier molecular flexibility index (Phi) is 7.14. The van der Waals surface area contributed by atoms with Crippen molar-refractivity contribution >= 4 is 44.6 Å². The molecule has 0 saturated carbocycles. The van der Waals surface area contributed by atoms with Crippen LogP contribution in [0.1, 0.15) is 13.2 Å². The van der Waals surface area contributed by atoms with Crippen LogP contribution >= 0.6 is 0 Å². The van der Waals surface area contributed by atoms with Crippen molar-refractivity contribution in [1.82, 2.24) is 29.6 Å². The fourth-order valence-electron chi connectivity index (χ4n) is 3.62. The molecule has 1 saturated heterocycles. The smallest absolute Gasteiger partial charge is 0.324 e. The molecule has 3 heterocycles. The van der Waals surface area contributed by atoms with Gasteiger partial charge >= 0.3 is 6.03 Å². The summed E-state index contributed by atoms with van der Waals surface area (Å²) in [5.74, 6) is -0.528. The fourth-order valence-corrected chi connectivity index (χ4v) is 4.35. The monoisotopic (exact) mass is 520 g/mol. The molecule has 0 radical (unpaired) electrons. The molecule has 0 bridgehead atoms. The van der Waals surface area contributed by atoms with Crippen LogP contribution in [0.4, 0.5) is 16.3 Å². The van der Waals surface area contributed by atoms with Gasteiger partial charge in [-0.1, -0.05) is 0 Å². The quantitative estimate of drug-likeness (QED) is 0.227. The first-order valence-corrected chi connectivity index (χ1v) is 12.2. The van der Waals surface area contributed by atoms with Crippen molar-refractivity contribution in [2.75, 3.05) is 24.2 Å². The van der Waals surface area contributed by atoms with Crippen LogP contribution < -0.4 is 20.7 Å². The summed E-state index contributed by atoms with van der Waals surface area (Å²) in [6, 6.07) is 4.83. The van der Waals surface area contributed by atoms with Gasteiger partial charge in [0.15, 0.2) is 29.3 Å². The lowest BCUT2D eigenvalue weighted by molar-refractivity contribution is -0.137. The van der Waals surface area contributed by atoms with Crippen molar-refractivity contribution in [3.05, 3.63) is 36.9 Å². The lowest BCUT2D eigenvalue weighted by Crippen LogP contribution is -2.42. The lowest BCUT2D eigenvalue weighted by atomic mass is 10.1. The van der Waals surface area contributed by atoms with Gasteiger partial charge in [-0.15, -0.1) is 0 Å². The van der Waals surface area contributed by atoms with Gasteiger partial charge in [-0.2, -0.15) is 0 Å². The van der Waals surface area contributed by atoms with E-state index in [0.29, 0.717) is 12.2 Å². The average Bonchev–Trinajstić information content (AvgIpc) is 3.41. The first-order valence-electron chi connectivity index (χ1n) is 10.7. The molecule has 6 N–H and O–H groups in total. The van der Waals surface area contributed by atoms with Crippen LogP contribution in [-0.4, -0.2) is 82.0 Å². The summed E-state index contributed by atoms with van der Waals surface area (Å²) >= 11 is 0. The zero-order valence-corrected chi connectivity index (χ0v) is 19.9. The number of hydrogen-bond acceptors (Lipinski definition) is 10. The minimum Gasteiger partial charge on any atom is -0.387 e. The number of urea groups is 1. The Morgan fingerprint density at radius 2 is 1.81 bits per heavy atom. The lowest BCUT2D eigenvalue weighted by Gasteiger charge is -2.16. The zero-order chi connectivity index (χ0) is 26.0. The predicted molar refractivity (Wildman–Crippen MR) is 125 cm³/mol. The molecule has 16 heteroatoms. The van der Waals surface area contributed by atoms with Crippen molar-refractivity contribution in [3.8, 4) is 0 Å². The van der Waals surface area contributed by atoms with E-state index in [4.69, 9.17) is 4.74 Å². The number of rotatable bonds is 7. The highest BCUT2D eigenvalue weighted by Gasteiger charge is 2.47. The van der Waals surface area contributed by atoms with Crippen LogP contribution in [0.25, 0.3) is 11.2 Å². The van der Waals surface area contributed by atoms with E-state index in [0.717, 1.165) is 6.33 Å². The number of sulfonamides is 1. The number of benzene rings is 1. The number of hydrogen-bond donors (Lipinski definition) is 6. The van der Waals surface area contributed by atoms with Crippen molar-refractivity contribution in [2.45, 2.75) is 36.4 Å². The minimum absolute atomic E-state index is 0.0369. The molecule has 192 valence electrons. The van der Waals surface area contributed by atoms with Crippen LogP contribution in [0.15, 0.2) is 41.8 Å². The average molecular weight is 521 g/mol. The maximum Gasteiger partial charge on any atom is 0.324 e. The molecule has 1 aliphatic rings. The van der Waals surface area contributed by atoms with Crippen LogP contribution in [-0.2, 0) is 19.6 Å². The van der Waals surface area contributed by atoms with Gasteiger partial charge in [-0.3, -0.25) is 14.7 Å². The SMILES string of the molecule is CCNC(=O)[C@H]1O[C@@H](n2cnc3c(NC(=O)Nc4ccc(S(=O)(=O)NC)cc4)ncnc32)[C@@H](O)C1O. The molecule has 3 amide bonds. The normalized spacial score (nSPS) is 21.9. The summed E-state index contributed by atoms with van der Waals surface area (Å²) < 4.78 is 32.8. The number of likely N-dealkylation sites (N-methyl/N-ethyl adjacent to an activating group) is 1. The van der Waals surface area contributed by atoms with Gasteiger partial charge in [0.05, 0.1) is 11.2 Å². The second-order valence-corrected chi connectivity index (χ2v) is 9.57. The molecule has 0 aliphatic carbocycles. The zero-order valence-electron chi connectivity index (χ0n) is 19.1. The summed E-state index contributed by atoms with van der Waals surface area (Å²) in [5, 5.41) is 28.4. The summed E-state index contributed by atoms with van der Waals surface area (Å²) in [6.45, 7) is 2.03. The first kappa shape index (κ1) is 25.4. The second kappa shape index (κ2) is 10.1. The van der Waals surface area contributed by atoms with Crippen molar-refractivity contribution < 1.29 is 33.0 Å². The summed E-state index contributed by atoms with van der Waals surface area (Å²) in [6.07, 6.45) is -2.93. The Bertz CT molecular complexity index is 1380. The van der Waals surface area contributed by atoms with E-state index in [2.05, 4.69) is 35.6 Å². The predicted octanol–water partition coefficient (Wildman–Crippen LogP) is -0.866. The Labute approximate surface area is 205 Å². The number of aromatic nitrogens is 4. The van der Waals surface area contributed by atoms with Crippen molar-refractivity contribution in [3.63, 3.8) is 0 Å². The van der Waals surface area contributed by atoms with Gasteiger partial charge in [0, 0.05) is 12.2 Å². The van der Waals surface area contributed by atoms with Crippen LogP contribution in [0.3, 0.4) is 0 Å². The molecule has 3 aromatic rings. The third-order valence-corrected chi connectivity index (χ3v) is 6.83. The number of aliphatic hydroxyl groups is 2. The molecule has 1 aromatic carbocycles. The van der Waals surface area contributed by atoms with E-state index in [-0.39, 0.29) is 21.9 Å². The summed E-state index contributed by atoms with van der Waals surface area (Å²) in [7, 11) is -2.32. The molecular formula is C20H24N8O7S. The van der Waals surface area contributed by atoms with Gasteiger partial charge in [0.25, 0.3) is 5.91 Å². The van der Waals surface area contributed by atoms with E-state index in [9.17, 15) is 28.2 Å². The fraction of sp³-hybridized carbons (Fsp3) is 0.350. The number of anilines is 2. The molecule has 1 unspecified atom stereocenters. The van der Waals surface area contributed by atoms with Gasteiger partial charge in [-0.05, 0) is 38.2 Å². The van der Waals surface area contributed by atoms with Gasteiger partial charge < -0.3 is 25.6 Å². The molecule has 4 rings (SSSR count). The van der Waals surface area contributed by atoms with E-state index in [1.165, 1.54) is 42.2 Å². The van der Waals surface area contributed by atoms with Crippen molar-refractivity contribution in [1.29, 1.82) is 0 Å². The third kappa shape index (κ3) is 4.84. The van der Waals surface area contributed by atoms with Gasteiger partial charge in [-0.25, -0.2) is 32.9 Å². The molecule has 36 heavy (non-hydrogen) atoms. The molecule has 1 aliphatic heterocycles. The number of ether oxygens (including phenoxy) is 1. The van der Waals surface area contributed by atoms with Crippen LogP contribution in [0.2, 0.25) is 0 Å². The molecule has 4 atom stereocenters. The number of carbonyl (C=O) groups is 2. The number of nitrogens with one attached hydrogen (secondary N) is 4. The molecule has 2 aromatic heterocycles. The van der Waals surface area contributed by atoms with E-state index in [1.54, 1.807) is 6.92 Å². The maximum absolute atomic E-state index is 12.5. The number of nitrogens with zero attached hydrogens (tertiary/aromatic N) is 4. The highest BCUT2D eigenvalue weighted by atomic mass is 32.2. The third-order valence-electron chi connectivity index (χ3n) is 5.40. The largest absolute Gasteiger partial charge is 0.387 e. The topological polar surface area (TPSA) is 210 Å². The molecule has 1 fully saturated rings. The number of fused-ring (bicyclic) bond motifs is 1. The summed E-state index contributed by atoms with van der Waals surface area (Å²) in [4.78, 5) is 37.0. The van der Waals surface area contributed by atoms with Crippen molar-refractivity contribution in [2.24, 2.45) is 0 Å². The molecule has 15 nitrogen and oxygen atoms in total. The molecule has 0 spiro atoms. The van der Waals surface area contributed by atoms with Crippen LogP contribution in [0, 0.1) is 0 Å².